The molecule has 2 aromatic rings. The second-order valence-corrected chi connectivity index (χ2v) is 5.74. The molecule has 1 fully saturated rings. The van der Waals surface area contributed by atoms with Gasteiger partial charge in [-0.1, -0.05) is 5.21 Å². The first kappa shape index (κ1) is 15.6. The Hall–Kier alpha value is -2.28. The first-order valence-corrected chi connectivity index (χ1v) is 7.69. The Balaban J connectivity index is 1.85. The molecule has 3 rings (SSSR count). The Bertz CT molecular complexity index is 716. The van der Waals surface area contributed by atoms with Gasteiger partial charge in [-0.15, -0.1) is 5.10 Å². The molecule has 23 heavy (non-hydrogen) atoms. The van der Waals surface area contributed by atoms with Crippen molar-refractivity contribution in [2.45, 2.75) is 32.2 Å². The van der Waals surface area contributed by atoms with Crippen LogP contribution in [0.2, 0.25) is 0 Å². The molecule has 0 spiro atoms. The molecule has 1 saturated heterocycles. The summed E-state index contributed by atoms with van der Waals surface area (Å²) in [4.78, 5) is 14.5. The SMILES string of the molecule is Cc1cc(F)ccc1N1CCCC(n2cc(CCO)nn2)C1=O. The summed E-state index contributed by atoms with van der Waals surface area (Å²) in [6, 6.07) is 4.03. The number of aliphatic hydroxyl groups excluding tert-OH is 1. The molecule has 1 aromatic carbocycles. The van der Waals surface area contributed by atoms with Crippen LogP contribution in [0.15, 0.2) is 24.4 Å². The van der Waals surface area contributed by atoms with Gasteiger partial charge in [0.1, 0.15) is 11.9 Å². The molecule has 2 heterocycles. The monoisotopic (exact) mass is 318 g/mol. The summed E-state index contributed by atoms with van der Waals surface area (Å²) < 4.78 is 14.9. The largest absolute Gasteiger partial charge is 0.396 e. The van der Waals surface area contributed by atoms with Gasteiger partial charge in [0.15, 0.2) is 0 Å². The van der Waals surface area contributed by atoms with E-state index in [0.717, 1.165) is 17.7 Å². The summed E-state index contributed by atoms with van der Waals surface area (Å²) in [5.74, 6) is -0.372. The zero-order valence-electron chi connectivity index (χ0n) is 12.9. The van der Waals surface area contributed by atoms with Crippen LogP contribution in [0.5, 0.6) is 0 Å². The van der Waals surface area contributed by atoms with Gasteiger partial charge in [-0.25, -0.2) is 9.07 Å². The number of anilines is 1. The predicted octanol–water partition coefficient (Wildman–Crippen LogP) is 1.63. The van der Waals surface area contributed by atoms with Crippen molar-refractivity contribution < 1.29 is 14.3 Å². The van der Waals surface area contributed by atoms with Crippen molar-refractivity contribution in [1.82, 2.24) is 15.0 Å². The highest BCUT2D eigenvalue weighted by Gasteiger charge is 2.32. The van der Waals surface area contributed by atoms with Crippen molar-refractivity contribution in [3.05, 3.63) is 41.5 Å². The molecular formula is C16H19FN4O2. The van der Waals surface area contributed by atoms with E-state index in [1.165, 1.54) is 12.1 Å². The lowest BCUT2D eigenvalue weighted by Gasteiger charge is -2.33. The number of amides is 1. The number of benzene rings is 1. The topological polar surface area (TPSA) is 71.2 Å². The molecule has 0 saturated carbocycles. The summed E-state index contributed by atoms with van der Waals surface area (Å²) in [7, 11) is 0. The van der Waals surface area contributed by atoms with Crippen LogP contribution in [0.1, 0.15) is 30.1 Å². The number of rotatable bonds is 4. The molecule has 6 nitrogen and oxygen atoms in total. The van der Waals surface area contributed by atoms with Gasteiger partial charge in [0.25, 0.3) is 5.91 Å². The van der Waals surface area contributed by atoms with E-state index in [9.17, 15) is 9.18 Å². The Morgan fingerprint density at radius 1 is 1.43 bits per heavy atom. The van der Waals surface area contributed by atoms with E-state index in [4.69, 9.17) is 5.11 Å². The Kier molecular flexibility index (Phi) is 4.38. The lowest BCUT2D eigenvalue weighted by atomic mass is 10.0. The predicted molar refractivity (Wildman–Crippen MR) is 82.6 cm³/mol. The number of aromatic nitrogens is 3. The molecule has 1 unspecified atom stereocenters. The molecule has 0 aliphatic carbocycles. The van der Waals surface area contributed by atoms with Gasteiger partial charge in [0, 0.05) is 31.5 Å². The highest BCUT2D eigenvalue weighted by Crippen LogP contribution is 2.29. The van der Waals surface area contributed by atoms with Crippen LogP contribution < -0.4 is 4.90 Å². The Morgan fingerprint density at radius 2 is 2.26 bits per heavy atom. The molecular weight excluding hydrogens is 299 g/mol. The van der Waals surface area contributed by atoms with Gasteiger partial charge in [-0.05, 0) is 43.5 Å². The fourth-order valence-corrected chi connectivity index (χ4v) is 2.96. The third-order valence-corrected chi connectivity index (χ3v) is 4.11. The van der Waals surface area contributed by atoms with E-state index in [0.29, 0.717) is 25.1 Å². The first-order chi connectivity index (χ1) is 11.1. The minimum atomic E-state index is -0.409. The smallest absolute Gasteiger partial charge is 0.251 e. The maximum Gasteiger partial charge on any atom is 0.251 e. The van der Waals surface area contributed by atoms with Crippen LogP contribution in [-0.4, -0.2) is 39.2 Å². The van der Waals surface area contributed by atoms with Crippen LogP contribution >= 0.6 is 0 Å². The number of aliphatic hydroxyl groups is 1. The van der Waals surface area contributed by atoms with Crippen molar-refractivity contribution in [3.63, 3.8) is 0 Å². The maximum absolute atomic E-state index is 13.3. The van der Waals surface area contributed by atoms with E-state index in [2.05, 4.69) is 10.3 Å². The Labute approximate surface area is 133 Å². The number of hydrogen-bond acceptors (Lipinski definition) is 4. The quantitative estimate of drug-likeness (QED) is 0.930. The fraction of sp³-hybridized carbons (Fsp3) is 0.438. The molecule has 1 N–H and O–H groups in total. The van der Waals surface area contributed by atoms with Crippen molar-refractivity contribution in [1.29, 1.82) is 0 Å². The standard InChI is InChI=1S/C16H19FN4O2/c1-11-9-12(17)4-5-14(11)20-7-2-3-15(16(20)23)21-10-13(6-8-22)18-19-21/h4-5,9-10,15,22H,2-3,6-8H2,1H3. The summed E-state index contributed by atoms with van der Waals surface area (Å²) in [5.41, 5.74) is 2.13. The van der Waals surface area contributed by atoms with Gasteiger partial charge in [-0.2, -0.15) is 0 Å². The summed E-state index contributed by atoms with van der Waals surface area (Å²) in [6.07, 6.45) is 3.65. The lowest BCUT2D eigenvalue weighted by Crippen LogP contribution is -2.42. The van der Waals surface area contributed by atoms with Crippen molar-refractivity contribution in [2.24, 2.45) is 0 Å². The number of carbonyl (C=O) groups excluding carboxylic acids is 1. The third-order valence-electron chi connectivity index (χ3n) is 4.11. The van der Waals surface area contributed by atoms with Gasteiger partial charge in [0.2, 0.25) is 0 Å². The zero-order valence-corrected chi connectivity index (χ0v) is 12.9. The van der Waals surface area contributed by atoms with Crippen molar-refractivity contribution in [3.8, 4) is 0 Å². The number of hydrogen-bond donors (Lipinski definition) is 1. The van der Waals surface area contributed by atoms with Crippen LogP contribution in [0, 0.1) is 12.7 Å². The zero-order chi connectivity index (χ0) is 16.4. The summed E-state index contributed by atoms with van der Waals surface area (Å²) in [6.45, 7) is 2.41. The van der Waals surface area contributed by atoms with E-state index in [-0.39, 0.29) is 18.3 Å². The second kappa shape index (κ2) is 6.45. The molecule has 122 valence electrons. The molecule has 1 atom stereocenters. The van der Waals surface area contributed by atoms with Crippen molar-refractivity contribution in [2.75, 3.05) is 18.1 Å². The molecule has 1 aromatic heterocycles. The van der Waals surface area contributed by atoms with Crippen LogP contribution in [-0.2, 0) is 11.2 Å². The van der Waals surface area contributed by atoms with E-state index >= 15 is 0 Å². The number of aryl methyl sites for hydroxylation is 1. The maximum atomic E-state index is 13.3. The van der Waals surface area contributed by atoms with Crippen LogP contribution in [0.3, 0.4) is 0 Å². The van der Waals surface area contributed by atoms with E-state index in [1.807, 2.05) is 0 Å². The third kappa shape index (κ3) is 3.10. The number of carbonyl (C=O) groups is 1. The minimum absolute atomic E-state index is 0.00178. The van der Waals surface area contributed by atoms with E-state index < -0.39 is 6.04 Å². The molecule has 1 aliphatic rings. The first-order valence-electron chi connectivity index (χ1n) is 7.69. The fourth-order valence-electron chi connectivity index (χ4n) is 2.96. The highest BCUT2D eigenvalue weighted by atomic mass is 19.1. The van der Waals surface area contributed by atoms with Crippen molar-refractivity contribution >= 4 is 11.6 Å². The average Bonchev–Trinajstić information content (AvgIpc) is 2.97. The molecule has 0 radical (unpaired) electrons. The minimum Gasteiger partial charge on any atom is -0.396 e. The van der Waals surface area contributed by atoms with Gasteiger partial charge < -0.3 is 10.0 Å². The molecule has 1 aliphatic heterocycles. The van der Waals surface area contributed by atoms with Gasteiger partial charge in [0.05, 0.1) is 5.69 Å². The lowest BCUT2D eigenvalue weighted by molar-refractivity contribution is -0.123. The second-order valence-electron chi connectivity index (χ2n) is 5.74. The number of piperidine rings is 1. The number of halogens is 1. The summed E-state index contributed by atoms with van der Waals surface area (Å²) in [5, 5.41) is 16.9. The summed E-state index contributed by atoms with van der Waals surface area (Å²) >= 11 is 0. The molecule has 0 bridgehead atoms. The average molecular weight is 318 g/mol. The van der Waals surface area contributed by atoms with E-state index in [1.54, 1.807) is 28.8 Å². The van der Waals surface area contributed by atoms with Crippen LogP contribution in [0.4, 0.5) is 10.1 Å². The normalized spacial score (nSPS) is 18.5. The van der Waals surface area contributed by atoms with Gasteiger partial charge in [-0.3, -0.25) is 4.79 Å². The van der Waals surface area contributed by atoms with Gasteiger partial charge >= 0.3 is 0 Å². The van der Waals surface area contributed by atoms with Crippen LogP contribution in [0.25, 0.3) is 0 Å². The number of nitrogens with zero attached hydrogens (tertiary/aromatic N) is 4. The molecule has 1 amide bonds. The Morgan fingerprint density at radius 3 is 3.00 bits per heavy atom. The molecule has 7 heteroatoms. The highest BCUT2D eigenvalue weighted by molar-refractivity contribution is 5.97.